The predicted molar refractivity (Wildman–Crippen MR) is 113 cm³/mol. The van der Waals surface area contributed by atoms with Gasteiger partial charge in [0.25, 0.3) is 11.5 Å². The largest absolute Gasteiger partial charge is 0.332 e. The lowest BCUT2D eigenvalue weighted by Crippen LogP contribution is -2.39. The maximum absolute atomic E-state index is 13.5. The summed E-state index contributed by atoms with van der Waals surface area (Å²) in [7, 11) is 1.45. The molecule has 0 aromatic carbocycles. The number of carbonyl (C=O) groups excluding carboxylic acids is 1. The van der Waals surface area contributed by atoms with Crippen molar-refractivity contribution in [2.24, 2.45) is 13.0 Å². The molecular formula is C19H26N6O4S. The second-order valence-corrected chi connectivity index (χ2v) is 9.22. The van der Waals surface area contributed by atoms with Crippen molar-refractivity contribution in [1.29, 1.82) is 0 Å². The highest BCUT2D eigenvalue weighted by Crippen LogP contribution is 2.33. The van der Waals surface area contributed by atoms with Crippen LogP contribution in [0.1, 0.15) is 49.0 Å². The van der Waals surface area contributed by atoms with Crippen LogP contribution in [0, 0.1) is 5.92 Å². The first-order chi connectivity index (χ1) is 14.2. The van der Waals surface area contributed by atoms with Gasteiger partial charge in [0.2, 0.25) is 0 Å². The molecule has 0 saturated carbocycles. The number of carbonyl (C=O) groups is 1. The monoisotopic (exact) mass is 434 g/mol. The zero-order valence-corrected chi connectivity index (χ0v) is 18.5. The standard InChI is InChI=1S/C19H26N6O4S/c1-10(2)25-18-15(16(26)22(5)19(25)28)14(17(27)24-6-11(3)9-29-24)13(30-18)8-23-7-12(4)20-21-23/h7,10-11,20-21H,6,8-9H2,1-5H3. The van der Waals surface area contributed by atoms with Crippen molar-refractivity contribution >= 4 is 27.5 Å². The van der Waals surface area contributed by atoms with Gasteiger partial charge in [-0.25, -0.2) is 9.86 Å². The van der Waals surface area contributed by atoms with E-state index in [0.29, 0.717) is 35.0 Å². The Bertz CT molecular complexity index is 1160. The smallest absolute Gasteiger partial charge is 0.307 e. The zero-order valence-electron chi connectivity index (χ0n) is 17.7. The normalized spacial score (nSPS) is 19.1. The zero-order chi connectivity index (χ0) is 21.7. The van der Waals surface area contributed by atoms with Gasteiger partial charge < -0.3 is 5.43 Å². The molecule has 2 N–H and O–H groups in total. The summed E-state index contributed by atoms with van der Waals surface area (Å²) in [4.78, 5) is 46.1. The first-order valence-corrected chi connectivity index (χ1v) is 10.7. The molecule has 2 aliphatic rings. The Labute approximate surface area is 177 Å². The minimum Gasteiger partial charge on any atom is -0.307 e. The highest BCUT2D eigenvalue weighted by atomic mass is 32.1. The minimum absolute atomic E-state index is 0.168. The molecule has 0 radical (unpaired) electrons. The summed E-state index contributed by atoms with van der Waals surface area (Å²) in [5.74, 6) is -0.131. The maximum atomic E-state index is 13.5. The van der Waals surface area contributed by atoms with Crippen LogP contribution in [-0.4, -0.2) is 38.3 Å². The summed E-state index contributed by atoms with van der Waals surface area (Å²) in [6.07, 6.45) is 1.88. The van der Waals surface area contributed by atoms with Gasteiger partial charge in [0, 0.05) is 35.8 Å². The Morgan fingerprint density at radius 2 is 2.10 bits per heavy atom. The molecule has 0 bridgehead atoms. The third-order valence-corrected chi connectivity index (χ3v) is 6.38. The molecular weight excluding hydrogens is 408 g/mol. The van der Waals surface area contributed by atoms with Crippen molar-refractivity contribution in [2.45, 2.75) is 40.3 Å². The Morgan fingerprint density at radius 1 is 1.37 bits per heavy atom. The van der Waals surface area contributed by atoms with E-state index in [4.69, 9.17) is 4.84 Å². The van der Waals surface area contributed by atoms with E-state index in [0.717, 1.165) is 10.3 Å². The Balaban J connectivity index is 1.95. The number of fused-ring (bicyclic) bond motifs is 1. The minimum atomic E-state index is -0.468. The fourth-order valence-electron chi connectivity index (χ4n) is 3.70. The van der Waals surface area contributed by atoms with Crippen molar-refractivity contribution in [1.82, 2.24) is 30.2 Å². The van der Waals surface area contributed by atoms with Crippen molar-refractivity contribution in [3.05, 3.63) is 43.2 Å². The molecule has 0 aliphatic carbocycles. The van der Waals surface area contributed by atoms with E-state index in [1.807, 2.05) is 33.9 Å². The SMILES string of the molecule is CC1=CN(Cc2sc3c(c2C(=O)N2CC(C)CO2)c(=O)n(C)c(=O)n3C(C)C)NN1. The lowest BCUT2D eigenvalue weighted by atomic mass is 10.1. The Morgan fingerprint density at radius 3 is 2.67 bits per heavy atom. The van der Waals surface area contributed by atoms with Gasteiger partial charge in [0.15, 0.2) is 0 Å². The van der Waals surface area contributed by atoms with Crippen molar-refractivity contribution in [2.75, 3.05) is 13.2 Å². The fourth-order valence-corrected chi connectivity index (χ4v) is 5.11. The number of rotatable bonds is 4. The molecule has 1 fully saturated rings. The predicted octanol–water partition coefficient (Wildman–Crippen LogP) is 1.05. The molecule has 1 atom stereocenters. The van der Waals surface area contributed by atoms with Crippen LogP contribution in [0.15, 0.2) is 21.5 Å². The van der Waals surface area contributed by atoms with Gasteiger partial charge in [0.05, 0.1) is 30.6 Å². The van der Waals surface area contributed by atoms with Crippen LogP contribution in [0.4, 0.5) is 0 Å². The van der Waals surface area contributed by atoms with Gasteiger partial charge in [-0.2, -0.15) is 0 Å². The van der Waals surface area contributed by atoms with Crippen LogP contribution in [0.2, 0.25) is 0 Å². The molecule has 4 heterocycles. The molecule has 4 rings (SSSR count). The lowest BCUT2D eigenvalue weighted by Gasteiger charge is -2.18. The Kier molecular flexibility index (Phi) is 5.20. The van der Waals surface area contributed by atoms with Crippen molar-refractivity contribution in [3.63, 3.8) is 0 Å². The molecule has 2 aliphatic heterocycles. The molecule has 2 aromatic heterocycles. The lowest BCUT2D eigenvalue weighted by molar-refractivity contribution is -0.0771. The van der Waals surface area contributed by atoms with E-state index >= 15 is 0 Å². The first kappa shape index (κ1) is 20.6. The van der Waals surface area contributed by atoms with Gasteiger partial charge in [-0.3, -0.25) is 28.6 Å². The van der Waals surface area contributed by atoms with Gasteiger partial charge in [0.1, 0.15) is 4.83 Å². The van der Waals surface area contributed by atoms with E-state index in [1.54, 1.807) is 9.58 Å². The molecule has 162 valence electrons. The summed E-state index contributed by atoms with van der Waals surface area (Å²) in [5, 5.41) is 3.40. The summed E-state index contributed by atoms with van der Waals surface area (Å²) in [6.45, 7) is 8.95. The number of allylic oxidation sites excluding steroid dienone is 1. The first-order valence-electron chi connectivity index (χ1n) is 9.87. The third-order valence-electron chi connectivity index (χ3n) is 5.20. The average Bonchev–Trinajstić information content (AvgIpc) is 3.38. The van der Waals surface area contributed by atoms with E-state index in [-0.39, 0.29) is 23.3 Å². The highest BCUT2D eigenvalue weighted by Gasteiger charge is 2.33. The van der Waals surface area contributed by atoms with Gasteiger partial charge in [-0.1, -0.05) is 6.92 Å². The summed E-state index contributed by atoms with van der Waals surface area (Å²) < 4.78 is 2.65. The number of nitrogens with one attached hydrogen (secondary N) is 2. The number of aromatic nitrogens is 2. The third kappa shape index (κ3) is 3.32. The van der Waals surface area contributed by atoms with Gasteiger partial charge >= 0.3 is 5.69 Å². The maximum Gasteiger partial charge on any atom is 0.332 e. The number of hydrogen-bond acceptors (Lipinski definition) is 8. The van der Waals surface area contributed by atoms with E-state index in [9.17, 15) is 14.4 Å². The molecule has 10 nitrogen and oxygen atoms in total. The number of hydrogen-bond donors (Lipinski definition) is 2. The fraction of sp³-hybridized carbons (Fsp3) is 0.526. The average molecular weight is 435 g/mol. The Hall–Kier alpha value is -2.63. The number of nitrogens with zero attached hydrogens (tertiary/aromatic N) is 4. The van der Waals surface area contributed by atoms with E-state index in [1.165, 1.54) is 23.4 Å². The second kappa shape index (κ2) is 7.56. The molecule has 1 unspecified atom stereocenters. The number of thiophene rings is 1. The molecule has 11 heteroatoms. The van der Waals surface area contributed by atoms with Crippen LogP contribution in [0.3, 0.4) is 0 Å². The molecule has 0 spiro atoms. The van der Waals surface area contributed by atoms with Crippen LogP contribution >= 0.6 is 11.3 Å². The quantitative estimate of drug-likeness (QED) is 0.742. The molecule has 2 aromatic rings. The van der Waals surface area contributed by atoms with Crippen LogP contribution in [0.25, 0.3) is 10.2 Å². The van der Waals surface area contributed by atoms with Gasteiger partial charge in [-0.05, 0) is 20.8 Å². The number of hydroxylamine groups is 2. The van der Waals surface area contributed by atoms with Crippen LogP contribution < -0.4 is 22.2 Å². The summed E-state index contributed by atoms with van der Waals surface area (Å²) in [6, 6.07) is -0.168. The van der Waals surface area contributed by atoms with E-state index < -0.39 is 11.2 Å². The summed E-state index contributed by atoms with van der Waals surface area (Å²) >= 11 is 1.30. The number of hydrazine groups is 2. The summed E-state index contributed by atoms with van der Waals surface area (Å²) in [5.41, 5.74) is 6.37. The molecule has 1 saturated heterocycles. The topological polar surface area (TPSA) is 101 Å². The van der Waals surface area contributed by atoms with Crippen molar-refractivity contribution in [3.8, 4) is 0 Å². The van der Waals surface area contributed by atoms with E-state index in [2.05, 4.69) is 11.0 Å². The number of amides is 1. The van der Waals surface area contributed by atoms with Crippen LogP contribution in [0.5, 0.6) is 0 Å². The molecule has 30 heavy (non-hydrogen) atoms. The second-order valence-electron chi connectivity index (χ2n) is 8.13. The van der Waals surface area contributed by atoms with Crippen molar-refractivity contribution < 1.29 is 9.63 Å². The molecule has 1 amide bonds. The highest BCUT2D eigenvalue weighted by molar-refractivity contribution is 7.19. The van der Waals surface area contributed by atoms with Gasteiger partial charge in [-0.15, -0.1) is 16.9 Å². The van der Waals surface area contributed by atoms with Crippen LogP contribution in [-0.2, 0) is 18.4 Å².